The van der Waals surface area contributed by atoms with Gasteiger partial charge in [0.15, 0.2) is 0 Å². The minimum Gasteiger partial charge on any atom is -0.408 e. The third-order valence-electron chi connectivity index (χ3n) is 1.81. The predicted molar refractivity (Wildman–Crippen MR) is 41.3 cm³/mol. The minimum atomic E-state index is -1.11. The van der Waals surface area contributed by atoms with Crippen LogP contribution in [-0.2, 0) is 19.0 Å². The Morgan fingerprint density at radius 3 is 2.67 bits per heavy atom. The maximum Gasteiger partial charge on any atom is 0.328 e. The van der Waals surface area contributed by atoms with Crippen LogP contribution in [0.5, 0.6) is 0 Å². The third kappa shape index (κ3) is 2.19. The van der Waals surface area contributed by atoms with E-state index < -0.39 is 5.97 Å². The molecule has 0 saturated carbocycles. The third-order valence-corrected chi connectivity index (χ3v) is 1.81. The Morgan fingerprint density at radius 1 is 1.50 bits per heavy atom. The van der Waals surface area contributed by atoms with Gasteiger partial charge in [-0.3, -0.25) is 4.79 Å². The molecule has 0 aliphatic carbocycles. The monoisotopic (exact) mass is 174 g/mol. The van der Waals surface area contributed by atoms with Crippen LogP contribution in [0, 0.1) is 0 Å². The summed E-state index contributed by atoms with van der Waals surface area (Å²) in [4.78, 5) is 10.7. The van der Waals surface area contributed by atoms with Gasteiger partial charge in [-0.1, -0.05) is 0 Å². The molecule has 0 aromatic carbocycles. The van der Waals surface area contributed by atoms with Crippen LogP contribution < -0.4 is 0 Å². The molecular formula is C8H14O4. The maximum atomic E-state index is 10.7. The first-order chi connectivity index (χ1) is 5.68. The van der Waals surface area contributed by atoms with Crippen molar-refractivity contribution in [2.24, 2.45) is 0 Å². The predicted octanol–water partition coefficient (Wildman–Crippen LogP) is 1.05. The molecule has 1 atom stereocenters. The highest BCUT2D eigenvalue weighted by molar-refractivity contribution is 5.66. The lowest BCUT2D eigenvalue weighted by Crippen LogP contribution is -2.42. The van der Waals surface area contributed by atoms with Gasteiger partial charge in [0.1, 0.15) is 0 Å². The Morgan fingerprint density at radius 2 is 2.25 bits per heavy atom. The Bertz CT molecular complexity index is 160. The average molecular weight is 174 g/mol. The molecule has 1 rings (SSSR count). The van der Waals surface area contributed by atoms with E-state index in [0.717, 1.165) is 12.8 Å². The first-order valence-corrected chi connectivity index (χ1v) is 4.07. The Balaban J connectivity index is 2.53. The molecule has 0 aromatic heterocycles. The van der Waals surface area contributed by atoms with E-state index >= 15 is 0 Å². The molecule has 0 radical (unpaired) electrons. The van der Waals surface area contributed by atoms with Crippen LogP contribution in [-0.4, -0.2) is 25.7 Å². The first-order valence-electron chi connectivity index (χ1n) is 4.07. The molecular weight excluding hydrogens is 160 g/mol. The van der Waals surface area contributed by atoms with Crippen LogP contribution >= 0.6 is 0 Å². The van der Waals surface area contributed by atoms with Crippen molar-refractivity contribution >= 4 is 5.97 Å². The van der Waals surface area contributed by atoms with Gasteiger partial charge in [0, 0.05) is 20.5 Å². The normalized spacial score (nSPS) is 29.8. The number of carbonyl (C=O) groups excluding carboxylic acids is 1. The number of methoxy groups -OCH3 is 1. The average Bonchev–Trinajstić information content (AvgIpc) is 2.05. The van der Waals surface area contributed by atoms with Crippen LogP contribution in [0.3, 0.4) is 0 Å². The molecule has 1 fully saturated rings. The number of carbonyl (C=O) groups is 1. The molecule has 1 aliphatic heterocycles. The highest BCUT2D eigenvalue weighted by Gasteiger charge is 2.36. The van der Waals surface area contributed by atoms with Gasteiger partial charge >= 0.3 is 11.9 Å². The second kappa shape index (κ2) is 3.87. The van der Waals surface area contributed by atoms with E-state index in [4.69, 9.17) is 14.2 Å². The number of esters is 1. The molecule has 1 saturated heterocycles. The van der Waals surface area contributed by atoms with Crippen molar-refractivity contribution in [3.05, 3.63) is 0 Å². The van der Waals surface area contributed by atoms with Crippen LogP contribution in [0.25, 0.3) is 0 Å². The van der Waals surface area contributed by atoms with Crippen molar-refractivity contribution in [2.45, 2.75) is 32.2 Å². The lowest BCUT2D eigenvalue weighted by atomic mass is 10.2. The Labute approximate surface area is 71.8 Å². The zero-order chi connectivity index (χ0) is 9.03. The van der Waals surface area contributed by atoms with Gasteiger partial charge in [-0.05, 0) is 12.8 Å². The van der Waals surface area contributed by atoms with E-state index in [2.05, 4.69) is 0 Å². The van der Waals surface area contributed by atoms with Gasteiger partial charge < -0.3 is 14.2 Å². The second-order valence-corrected chi connectivity index (χ2v) is 2.79. The van der Waals surface area contributed by atoms with Gasteiger partial charge in [0.2, 0.25) is 0 Å². The molecule has 0 N–H and O–H groups in total. The lowest BCUT2D eigenvalue weighted by Gasteiger charge is -2.33. The number of ether oxygens (including phenoxy) is 3. The molecule has 1 heterocycles. The molecule has 70 valence electrons. The fraction of sp³-hybridized carbons (Fsp3) is 0.875. The first kappa shape index (κ1) is 9.48. The van der Waals surface area contributed by atoms with Gasteiger partial charge in [-0.25, -0.2) is 0 Å². The number of hydrogen-bond donors (Lipinski definition) is 0. The topological polar surface area (TPSA) is 44.8 Å². The van der Waals surface area contributed by atoms with Crippen molar-refractivity contribution in [1.82, 2.24) is 0 Å². The van der Waals surface area contributed by atoms with Crippen molar-refractivity contribution in [1.29, 1.82) is 0 Å². The molecule has 1 aliphatic rings. The molecule has 12 heavy (non-hydrogen) atoms. The van der Waals surface area contributed by atoms with Crippen molar-refractivity contribution in [2.75, 3.05) is 13.7 Å². The van der Waals surface area contributed by atoms with Crippen LogP contribution in [0.2, 0.25) is 0 Å². The smallest absolute Gasteiger partial charge is 0.328 e. The van der Waals surface area contributed by atoms with Gasteiger partial charge in [0.05, 0.1) is 6.61 Å². The number of hydrogen-bond acceptors (Lipinski definition) is 4. The molecule has 0 bridgehead atoms. The highest BCUT2D eigenvalue weighted by Crippen LogP contribution is 2.26. The largest absolute Gasteiger partial charge is 0.408 e. The number of rotatable bonds is 2. The summed E-state index contributed by atoms with van der Waals surface area (Å²) in [5.41, 5.74) is 0. The summed E-state index contributed by atoms with van der Waals surface area (Å²) < 4.78 is 15.2. The van der Waals surface area contributed by atoms with Gasteiger partial charge in [-0.2, -0.15) is 0 Å². The maximum absolute atomic E-state index is 10.7. The Kier molecular flexibility index (Phi) is 3.05. The van der Waals surface area contributed by atoms with E-state index in [0.29, 0.717) is 13.0 Å². The molecule has 0 amide bonds. The van der Waals surface area contributed by atoms with Crippen LogP contribution in [0.1, 0.15) is 26.2 Å². The zero-order valence-corrected chi connectivity index (χ0v) is 7.46. The van der Waals surface area contributed by atoms with E-state index in [-0.39, 0.29) is 5.97 Å². The van der Waals surface area contributed by atoms with Crippen molar-refractivity contribution in [3.63, 3.8) is 0 Å². The van der Waals surface area contributed by atoms with Gasteiger partial charge in [0.25, 0.3) is 0 Å². The molecule has 0 aromatic rings. The van der Waals surface area contributed by atoms with Crippen LogP contribution in [0.4, 0.5) is 0 Å². The Hall–Kier alpha value is -0.610. The van der Waals surface area contributed by atoms with Gasteiger partial charge in [-0.15, -0.1) is 0 Å². The zero-order valence-electron chi connectivity index (χ0n) is 7.46. The fourth-order valence-corrected chi connectivity index (χ4v) is 1.25. The van der Waals surface area contributed by atoms with Crippen molar-refractivity contribution in [3.8, 4) is 0 Å². The second-order valence-electron chi connectivity index (χ2n) is 2.79. The summed E-state index contributed by atoms with van der Waals surface area (Å²) in [5.74, 6) is -1.48. The minimum absolute atomic E-state index is 0.376. The molecule has 0 spiro atoms. The molecule has 4 heteroatoms. The summed E-state index contributed by atoms with van der Waals surface area (Å²) in [6.07, 6.45) is 2.57. The lowest BCUT2D eigenvalue weighted by molar-refractivity contribution is -0.365. The summed E-state index contributed by atoms with van der Waals surface area (Å²) in [5, 5.41) is 0. The molecule has 4 nitrogen and oxygen atoms in total. The summed E-state index contributed by atoms with van der Waals surface area (Å²) >= 11 is 0. The summed E-state index contributed by atoms with van der Waals surface area (Å²) in [7, 11) is 1.48. The fourth-order valence-electron chi connectivity index (χ4n) is 1.25. The van der Waals surface area contributed by atoms with E-state index in [1.807, 2.05) is 0 Å². The summed E-state index contributed by atoms with van der Waals surface area (Å²) in [6, 6.07) is 0. The molecule has 1 unspecified atom stereocenters. The standard InChI is InChI=1S/C8H14O4/c1-7(9)12-8(10-2)5-3-4-6-11-8/h3-6H2,1-2H3. The quantitative estimate of drug-likeness (QED) is 0.463. The SMILES string of the molecule is COC1(OC(C)=O)CCCCO1. The van der Waals surface area contributed by atoms with E-state index in [1.165, 1.54) is 14.0 Å². The van der Waals surface area contributed by atoms with Crippen LogP contribution in [0.15, 0.2) is 0 Å². The van der Waals surface area contributed by atoms with E-state index in [1.54, 1.807) is 0 Å². The summed E-state index contributed by atoms with van der Waals surface area (Å²) in [6.45, 7) is 1.93. The van der Waals surface area contributed by atoms with E-state index in [9.17, 15) is 4.79 Å². The highest BCUT2D eigenvalue weighted by atomic mass is 16.9. The van der Waals surface area contributed by atoms with Crippen molar-refractivity contribution < 1.29 is 19.0 Å².